The van der Waals surface area contributed by atoms with Crippen LogP contribution in [0.2, 0.25) is 0 Å². The number of carbonyl (C=O) groups excluding carboxylic acids is 1. The molecular weight excluding hydrogens is 286 g/mol. The maximum absolute atomic E-state index is 12.2. The molecule has 0 spiro atoms. The van der Waals surface area contributed by atoms with Gasteiger partial charge in [0, 0.05) is 13.1 Å². The molecule has 1 heterocycles. The van der Waals surface area contributed by atoms with E-state index in [0.29, 0.717) is 17.9 Å². The van der Waals surface area contributed by atoms with Crippen molar-refractivity contribution in [2.75, 3.05) is 13.7 Å². The third-order valence-electron chi connectivity index (χ3n) is 3.44. The molecule has 22 heavy (non-hydrogen) atoms. The summed E-state index contributed by atoms with van der Waals surface area (Å²) in [5, 5.41) is 9.46. The molecule has 6 heteroatoms. The van der Waals surface area contributed by atoms with E-state index in [0.717, 1.165) is 5.56 Å². The van der Waals surface area contributed by atoms with Crippen LogP contribution in [-0.2, 0) is 16.1 Å². The third kappa shape index (κ3) is 3.50. The molecule has 1 amide bonds. The number of hydrogen-bond acceptors (Lipinski definition) is 4. The third-order valence-corrected chi connectivity index (χ3v) is 3.44. The maximum atomic E-state index is 12.2. The van der Waals surface area contributed by atoms with Crippen molar-refractivity contribution in [2.24, 2.45) is 0 Å². The summed E-state index contributed by atoms with van der Waals surface area (Å²) in [5.41, 5.74) is 0.868. The second-order valence-electron chi connectivity index (χ2n) is 6.32. The van der Waals surface area contributed by atoms with E-state index in [1.807, 2.05) is 0 Å². The Hall–Kier alpha value is -2.24. The predicted molar refractivity (Wildman–Crippen MR) is 80.0 cm³/mol. The molecule has 1 unspecified atom stereocenters. The summed E-state index contributed by atoms with van der Waals surface area (Å²) in [6.45, 7) is 5.76. The van der Waals surface area contributed by atoms with Crippen LogP contribution in [0.25, 0.3) is 0 Å². The van der Waals surface area contributed by atoms with E-state index < -0.39 is 23.6 Å². The van der Waals surface area contributed by atoms with Gasteiger partial charge in [-0.25, -0.2) is 4.79 Å². The molecule has 1 N–H and O–H groups in total. The first-order valence-corrected chi connectivity index (χ1v) is 7.09. The van der Waals surface area contributed by atoms with Crippen molar-refractivity contribution in [1.29, 1.82) is 0 Å². The topological polar surface area (TPSA) is 76.1 Å². The Bertz CT molecular complexity index is 591. The number of rotatable bonds is 2. The molecule has 0 fully saturated rings. The van der Waals surface area contributed by atoms with Gasteiger partial charge in [-0.2, -0.15) is 0 Å². The number of benzene rings is 1. The lowest BCUT2D eigenvalue weighted by Gasteiger charge is -2.34. The molecule has 1 atom stereocenters. The lowest BCUT2D eigenvalue weighted by atomic mass is 9.89. The second-order valence-corrected chi connectivity index (χ2v) is 6.32. The summed E-state index contributed by atoms with van der Waals surface area (Å²) < 4.78 is 10.5. The lowest BCUT2D eigenvalue weighted by molar-refractivity contribution is -0.139. The first-order valence-electron chi connectivity index (χ1n) is 7.09. The number of ether oxygens (including phenoxy) is 2. The van der Waals surface area contributed by atoms with E-state index in [1.165, 1.54) is 12.0 Å². The summed E-state index contributed by atoms with van der Waals surface area (Å²) in [7, 11) is 1.54. The van der Waals surface area contributed by atoms with Crippen molar-refractivity contribution < 1.29 is 24.2 Å². The number of amides is 1. The van der Waals surface area contributed by atoms with Gasteiger partial charge in [-0.05, 0) is 44.0 Å². The molecule has 120 valence electrons. The van der Waals surface area contributed by atoms with Gasteiger partial charge < -0.3 is 19.5 Å². The van der Waals surface area contributed by atoms with Gasteiger partial charge in [-0.15, -0.1) is 0 Å². The van der Waals surface area contributed by atoms with Crippen LogP contribution in [0.1, 0.15) is 37.8 Å². The zero-order valence-corrected chi connectivity index (χ0v) is 13.3. The Morgan fingerprint density at radius 3 is 2.55 bits per heavy atom. The van der Waals surface area contributed by atoms with Crippen LogP contribution in [0.15, 0.2) is 18.2 Å². The van der Waals surface area contributed by atoms with Crippen molar-refractivity contribution in [1.82, 2.24) is 4.90 Å². The molecule has 0 aromatic heterocycles. The number of aliphatic carboxylic acids is 1. The highest BCUT2D eigenvalue weighted by Crippen LogP contribution is 2.32. The van der Waals surface area contributed by atoms with Crippen molar-refractivity contribution >= 4 is 12.1 Å². The largest absolute Gasteiger partial charge is 0.497 e. The summed E-state index contributed by atoms with van der Waals surface area (Å²) in [6.07, 6.45) is -0.500. The molecule has 6 nitrogen and oxygen atoms in total. The number of hydrogen-bond donors (Lipinski definition) is 1. The Labute approximate surface area is 129 Å². The summed E-state index contributed by atoms with van der Waals surface area (Å²) >= 11 is 0. The number of carbonyl (C=O) groups is 2. The quantitative estimate of drug-likeness (QED) is 0.909. The van der Waals surface area contributed by atoms with Crippen molar-refractivity contribution in [2.45, 2.75) is 38.8 Å². The highest BCUT2D eigenvalue weighted by molar-refractivity contribution is 5.79. The smallest absolute Gasteiger partial charge is 0.410 e. The molecule has 1 aliphatic rings. The van der Waals surface area contributed by atoms with Crippen LogP contribution < -0.4 is 4.74 Å². The van der Waals surface area contributed by atoms with Gasteiger partial charge in [0.05, 0.1) is 13.0 Å². The first-order chi connectivity index (χ1) is 10.2. The Morgan fingerprint density at radius 1 is 1.32 bits per heavy atom. The van der Waals surface area contributed by atoms with Gasteiger partial charge >= 0.3 is 12.1 Å². The predicted octanol–water partition coefficient (Wildman–Crippen LogP) is 2.61. The van der Waals surface area contributed by atoms with Gasteiger partial charge in [0.15, 0.2) is 0 Å². The zero-order chi connectivity index (χ0) is 16.5. The molecule has 0 radical (unpaired) electrons. The fourth-order valence-electron chi connectivity index (χ4n) is 2.43. The van der Waals surface area contributed by atoms with Crippen LogP contribution >= 0.6 is 0 Å². The van der Waals surface area contributed by atoms with Crippen LogP contribution in [0.3, 0.4) is 0 Å². The van der Waals surface area contributed by atoms with Gasteiger partial charge in [-0.3, -0.25) is 4.79 Å². The zero-order valence-electron chi connectivity index (χ0n) is 13.3. The minimum absolute atomic E-state index is 0.0877. The summed E-state index contributed by atoms with van der Waals surface area (Å²) in [6, 6.07) is 5.28. The number of carboxylic acid groups (broad SMARTS) is 1. The van der Waals surface area contributed by atoms with E-state index in [1.54, 1.807) is 39.0 Å². The molecule has 0 aliphatic carbocycles. The highest BCUT2D eigenvalue weighted by Gasteiger charge is 2.34. The standard InChI is InChI=1S/C16H21NO5/c1-16(2,3)22-15(20)17-8-10-5-6-11(21-4)7-12(10)13(9-17)14(18)19/h5-7,13H,8-9H2,1-4H3,(H,18,19). The van der Waals surface area contributed by atoms with Crippen molar-refractivity contribution in [3.63, 3.8) is 0 Å². The molecule has 2 rings (SSSR count). The molecule has 0 bridgehead atoms. The Morgan fingerprint density at radius 2 is 2.00 bits per heavy atom. The molecule has 1 aromatic carbocycles. The van der Waals surface area contributed by atoms with Crippen LogP contribution in [-0.4, -0.2) is 41.3 Å². The van der Waals surface area contributed by atoms with E-state index in [9.17, 15) is 14.7 Å². The van der Waals surface area contributed by atoms with E-state index in [-0.39, 0.29) is 6.54 Å². The van der Waals surface area contributed by atoms with Crippen LogP contribution in [0.4, 0.5) is 4.79 Å². The van der Waals surface area contributed by atoms with Crippen LogP contribution in [0, 0.1) is 0 Å². The maximum Gasteiger partial charge on any atom is 0.410 e. The van der Waals surface area contributed by atoms with Crippen molar-refractivity contribution in [3.8, 4) is 5.75 Å². The average Bonchev–Trinajstić information content (AvgIpc) is 2.43. The Kier molecular flexibility index (Phi) is 4.30. The first kappa shape index (κ1) is 16.1. The average molecular weight is 307 g/mol. The number of nitrogens with zero attached hydrogens (tertiary/aromatic N) is 1. The van der Waals surface area contributed by atoms with Gasteiger partial charge in [-0.1, -0.05) is 6.07 Å². The van der Waals surface area contributed by atoms with Crippen LogP contribution in [0.5, 0.6) is 5.75 Å². The molecule has 0 saturated heterocycles. The minimum Gasteiger partial charge on any atom is -0.497 e. The number of fused-ring (bicyclic) bond motifs is 1. The number of carboxylic acids is 1. The van der Waals surface area contributed by atoms with E-state index in [4.69, 9.17) is 9.47 Å². The highest BCUT2D eigenvalue weighted by atomic mass is 16.6. The van der Waals surface area contributed by atoms with Gasteiger partial charge in [0.1, 0.15) is 11.4 Å². The fourth-order valence-corrected chi connectivity index (χ4v) is 2.43. The number of methoxy groups -OCH3 is 1. The van der Waals surface area contributed by atoms with Crippen molar-refractivity contribution in [3.05, 3.63) is 29.3 Å². The summed E-state index contributed by atoms with van der Waals surface area (Å²) in [4.78, 5) is 25.2. The molecule has 1 aromatic rings. The second kappa shape index (κ2) is 5.87. The monoisotopic (exact) mass is 307 g/mol. The molecule has 1 aliphatic heterocycles. The van der Waals surface area contributed by atoms with Gasteiger partial charge in [0.25, 0.3) is 0 Å². The molecular formula is C16H21NO5. The van der Waals surface area contributed by atoms with E-state index >= 15 is 0 Å². The SMILES string of the molecule is COc1ccc2c(c1)C(C(=O)O)CN(C(=O)OC(C)(C)C)C2. The minimum atomic E-state index is -0.970. The Balaban J connectivity index is 2.30. The fraction of sp³-hybridized carbons (Fsp3) is 0.500. The van der Waals surface area contributed by atoms with Gasteiger partial charge in [0.2, 0.25) is 0 Å². The molecule has 0 saturated carbocycles. The lowest BCUT2D eigenvalue weighted by Crippen LogP contribution is -2.43. The summed E-state index contributed by atoms with van der Waals surface area (Å²) in [5.74, 6) is -1.15. The normalized spacial score (nSPS) is 17.6. The van der Waals surface area contributed by atoms with E-state index in [2.05, 4.69) is 0 Å².